The topological polar surface area (TPSA) is 35.5 Å². The highest BCUT2D eigenvalue weighted by molar-refractivity contribution is 5.92. The lowest BCUT2D eigenvalue weighted by Gasteiger charge is -2.01. The summed E-state index contributed by atoms with van der Waals surface area (Å²) in [6.45, 7) is 0. The minimum Gasteiger partial charge on any atom is -0.497 e. The van der Waals surface area contributed by atoms with Crippen molar-refractivity contribution in [2.45, 2.75) is 0 Å². The fraction of sp³-hybridized carbons (Fsp3) is 0.118. The van der Waals surface area contributed by atoms with Gasteiger partial charge in [0.15, 0.2) is 0 Å². The Morgan fingerprint density at radius 3 is 2.30 bits per heavy atom. The molecule has 0 aliphatic rings. The van der Waals surface area contributed by atoms with E-state index in [-0.39, 0.29) is 5.97 Å². The van der Waals surface area contributed by atoms with Crippen molar-refractivity contribution in [1.82, 2.24) is 0 Å². The van der Waals surface area contributed by atoms with Crippen LogP contribution in [0.25, 0.3) is 0 Å². The Balaban J connectivity index is 2.30. The zero-order chi connectivity index (χ0) is 14.4. The van der Waals surface area contributed by atoms with Crippen LogP contribution in [0, 0.1) is 11.8 Å². The first kappa shape index (κ1) is 13.7. The molecule has 0 aliphatic carbocycles. The van der Waals surface area contributed by atoms with Crippen LogP contribution in [0.5, 0.6) is 5.75 Å². The Labute approximate surface area is 118 Å². The first-order chi connectivity index (χ1) is 9.74. The Bertz CT molecular complexity index is 661. The third-order valence-corrected chi connectivity index (χ3v) is 2.76. The molecule has 3 heteroatoms. The van der Waals surface area contributed by atoms with Crippen LogP contribution in [0.15, 0.2) is 48.5 Å². The van der Waals surface area contributed by atoms with Gasteiger partial charge in [0, 0.05) is 11.1 Å². The molecule has 0 unspecified atom stereocenters. The fourth-order valence-corrected chi connectivity index (χ4v) is 1.69. The third-order valence-electron chi connectivity index (χ3n) is 2.76. The summed E-state index contributed by atoms with van der Waals surface area (Å²) in [7, 11) is 2.98. The second kappa shape index (κ2) is 6.44. The number of ether oxygens (including phenoxy) is 2. The van der Waals surface area contributed by atoms with Crippen LogP contribution < -0.4 is 4.74 Å². The Kier molecular flexibility index (Phi) is 4.41. The van der Waals surface area contributed by atoms with Crippen molar-refractivity contribution in [1.29, 1.82) is 0 Å². The number of hydrogen-bond donors (Lipinski definition) is 0. The van der Waals surface area contributed by atoms with E-state index in [0.717, 1.165) is 11.3 Å². The monoisotopic (exact) mass is 266 g/mol. The molecule has 0 heterocycles. The molecule has 0 saturated heterocycles. The summed E-state index contributed by atoms with van der Waals surface area (Å²) in [5.74, 6) is 6.41. The second-order valence-corrected chi connectivity index (χ2v) is 4.02. The van der Waals surface area contributed by atoms with E-state index in [1.54, 1.807) is 25.3 Å². The highest BCUT2D eigenvalue weighted by atomic mass is 16.5. The van der Waals surface area contributed by atoms with E-state index in [1.807, 2.05) is 30.3 Å². The number of carbonyl (C=O) groups excluding carboxylic acids is 1. The summed E-state index contributed by atoms with van der Waals surface area (Å²) in [6, 6.07) is 14.5. The molecule has 0 aliphatic heterocycles. The van der Waals surface area contributed by atoms with Gasteiger partial charge in [-0.15, -0.1) is 0 Å². The van der Waals surface area contributed by atoms with Gasteiger partial charge in [-0.25, -0.2) is 4.79 Å². The molecule has 0 radical (unpaired) electrons. The molecule has 2 aromatic carbocycles. The zero-order valence-corrected chi connectivity index (χ0v) is 11.3. The van der Waals surface area contributed by atoms with Crippen molar-refractivity contribution < 1.29 is 14.3 Å². The molecule has 3 nitrogen and oxygen atoms in total. The van der Waals surface area contributed by atoms with Gasteiger partial charge in [-0.3, -0.25) is 0 Å². The molecule has 20 heavy (non-hydrogen) atoms. The maximum Gasteiger partial charge on any atom is 0.339 e. The Hall–Kier alpha value is -2.73. The van der Waals surface area contributed by atoms with E-state index in [1.165, 1.54) is 7.11 Å². The van der Waals surface area contributed by atoms with Gasteiger partial charge >= 0.3 is 5.97 Å². The van der Waals surface area contributed by atoms with E-state index in [0.29, 0.717) is 11.1 Å². The Morgan fingerprint density at radius 1 is 0.950 bits per heavy atom. The van der Waals surface area contributed by atoms with Crippen LogP contribution in [0.1, 0.15) is 21.5 Å². The van der Waals surface area contributed by atoms with Crippen molar-refractivity contribution in [3.8, 4) is 17.6 Å². The molecule has 0 aromatic heterocycles. The molecule has 0 bridgehead atoms. The summed E-state index contributed by atoms with van der Waals surface area (Å²) in [4.78, 5) is 11.6. The van der Waals surface area contributed by atoms with Crippen LogP contribution in [0.4, 0.5) is 0 Å². The van der Waals surface area contributed by atoms with Crippen molar-refractivity contribution in [3.63, 3.8) is 0 Å². The standard InChI is InChI=1S/C17H14O3/c1-19-15-11-8-13(9-12-15)7-10-14-5-3-4-6-16(14)17(18)20-2/h3-6,8-9,11-12H,1-2H3. The first-order valence-electron chi connectivity index (χ1n) is 6.08. The lowest BCUT2D eigenvalue weighted by molar-refractivity contribution is 0.0600. The van der Waals surface area contributed by atoms with E-state index in [4.69, 9.17) is 9.47 Å². The minimum atomic E-state index is -0.385. The molecule has 0 fully saturated rings. The molecule has 2 aromatic rings. The molecule has 0 atom stereocenters. The smallest absolute Gasteiger partial charge is 0.339 e. The lowest BCUT2D eigenvalue weighted by Crippen LogP contribution is -2.03. The molecule has 0 N–H and O–H groups in total. The molecule has 0 saturated carbocycles. The molecule has 100 valence electrons. The number of carbonyl (C=O) groups is 1. The molecule has 0 amide bonds. The van der Waals surface area contributed by atoms with Crippen molar-refractivity contribution in [3.05, 3.63) is 65.2 Å². The van der Waals surface area contributed by atoms with Gasteiger partial charge in [-0.05, 0) is 36.4 Å². The zero-order valence-electron chi connectivity index (χ0n) is 11.3. The summed E-state index contributed by atoms with van der Waals surface area (Å²) < 4.78 is 9.82. The van der Waals surface area contributed by atoms with Crippen LogP contribution >= 0.6 is 0 Å². The van der Waals surface area contributed by atoms with Gasteiger partial charge in [0.1, 0.15) is 5.75 Å². The normalized spacial score (nSPS) is 9.30. The van der Waals surface area contributed by atoms with Gasteiger partial charge in [-0.2, -0.15) is 0 Å². The van der Waals surface area contributed by atoms with E-state index in [9.17, 15) is 4.79 Å². The first-order valence-corrected chi connectivity index (χ1v) is 6.08. The highest BCUT2D eigenvalue weighted by Crippen LogP contribution is 2.12. The number of hydrogen-bond acceptors (Lipinski definition) is 3. The molecule has 0 spiro atoms. The number of methoxy groups -OCH3 is 2. The number of rotatable bonds is 2. The predicted octanol–water partition coefficient (Wildman–Crippen LogP) is 2.88. The summed E-state index contributed by atoms with van der Waals surface area (Å²) in [5, 5.41) is 0. The molecular weight excluding hydrogens is 252 g/mol. The summed E-state index contributed by atoms with van der Waals surface area (Å²) in [6.07, 6.45) is 0. The van der Waals surface area contributed by atoms with Crippen LogP contribution in [-0.4, -0.2) is 20.2 Å². The van der Waals surface area contributed by atoms with Gasteiger partial charge < -0.3 is 9.47 Å². The average molecular weight is 266 g/mol. The minimum absolute atomic E-state index is 0.385. The lowest BCUT2D eigenvalue weighted by atomic mass is 10.1. The quantitative estimate of drug-likeness (QED) is 0.619. The van der Waals surface area contributed by atoms with Crippen LogP contribution in [0.2, 0.25) is 0 Å². The SMILES string of the molecule is COC(=O)c1ccccc1C#Cc1ccc(OC)cc1. The van der Waals surface area contributed by atoms with Gasteiger partial charge in [0.05, 0.1) is 19.8 Å². The molecule has 2 rings (SSSR count). The number of benzene rings is 2. The van der Waals surface area contributed by atoms with Crippen molar-refractivity contribution in [2.24, 2.45) is 0 Å². The van der Waals surface area contributed by atoms with Gasteiger partial charge in [0.2, 0.25) is 0 Å². The molecular formula is C17H14O3. The van der Waals surface area contributed by atoms with Crippen LogP contribution in [0.3, 0.4) is 0 Å². The third kappa shape index (κ3) is 3.18. The van der Waals surface area contributed by atoms with E-state index >= 15 is 0 Å². The Morgan fingerprint density at radius 2 is 1.65 bits per heavy atom. The fourth-order valence-electron chi connectivity index (χ4n) is 1.69. The van der Waals surface area contributed by atoms with Crippen molar-refractivity contribution >= 4 is 5.97 Å². The largest absolute Gasteiger partial charge is 0.497 e. The highest BCUT2D eigenvalue weighted by Gasteiger charge is 2.08. The van der Waals surface area contributed by atoms with Gasteiger partial charge in [0.25, 0.3) is 0 Å². The van der Waals surface area contributed by atoms with Crippen molar-refractivity contribution in [2.75, 3.05) is 14.2 Å². The van der Waals surface area contributed by atoms with Gasteiger partial charge in [-0.1, -0.05) is 24.0 Å². The maximum atomic E-state index is 11.6. The van der Waals surface area contributed by atoms with E-state index in [2.05, 4.69) is 11.8 Å². The average Bonchev–Trinajstić information content (AvgIpc) is 2.53. The summed E-state index contributed by atoms with van der Waals surface area (Å²) >= 11 is 0. The predicted molar refractivity (Wildman–Crippen MR) is 76.8 cm³/mol. The maximum absolute atomic E-state index is 11.6. The van der Waals surface area contributed by atoms with Crippen LogP contribution in [-0.2, 0) is 4.74 Å². The second-order valence-electron chi connectivity index (χ2n) is 4.02. The number of esters is 1. The van der Waals surface area contributed by atoms with E-state index < -0.39 is 0 Å². The summed E-state index contributed by atoms with van der Waals surface area (Å²) in [5.41, 5.74) is 1.97.